The highest BCUT2D eigenvalue weighted by molar-refractivity contribution is 6.19. The minimum atomic E-state index is -0.285. The third-order valence-electron chi connectivity index (χ3n) is 2.13. The summed E-state index contributed by atoms with van der Waals surface area (Å²) >= 11 is 0. The van der Waals surface area contributed by atoms with Gasteiger partial charge in [0.25, 0.3) is 0 Å². The number of carbonyl (C=O) groups excluding carboxylic acids is 2. The number of ether oxygens (including phenoxy) is 1. The number of hydrogen-bond donors (Lipinski definition) is 1. The third kappa shape index (κ3) is 1.25. The molecule has 0 radical (unpaired) electrons. The van der Waals surface area contributed by atoms with E-state index in [1.165, 1.54) is 7.11 Å². The van der Waals surface area contributed by atoms with Crippen LogP contribution in [-0.2, 0) is 4.79 Å². The average molecular weight is 191 g/mol. The zero-order chi connectivity index (χ0) is 10.1. The van der Waals surface area contributed by atoms with Crippen LogP contribution in [0.25, 0.3) is 0 Å². The first-order valence-corrected chi connectivity index (χ1v) is 4.22. The molecule has 0 aliphatic carbocycles. The van der Waals surface area contributed by atoms with E-state index in [4.69, 9.17) is 4.74 Å². The monoisotopic (exact) mass is 191 g/mol. The van der Waals surface area contributed by atoms with Crippen LogP contribution in [0.4, 0.5) is 5.69 Å². The highest BCUT2D eigenvalue weighted by Gasteiger charge is 2.24. The van der Waals surface area contributed by atoms with E-state index < -0.39 is 0 Å². The van der Waals surface area contributed by atoms with Crippen molar-refractivity contribution < 1.29 is 14.3 Å². The Balaban J connectivity index is 2.58. The predicted octanol–water partition coefficient (Wildman–Crippen LogP) is 1.22. The van der Waals surface area contributed by atoms with Gasteiger partial charge in [-0.15, -0.1) is 0 Å². The van der Waals surface area contributed by atoms with E-state index in [1.54, 1.807) is 18.2 Å². The molecule has 1 aromatic rings. The van der Waals surface area contributed by atoms with Gasteiger partial charge < -0.3 is 10.1 Å². The van der Waals surface area contributed by atoms with Crippen LogP contribution in [0, 0.1) is 0 Å². The standard InChI is InChI=1S/C10H9NO3/c1-14-8-4-2-3-6-7(12)5-9(13)11-10(6)8/h2-4H,5H2,1H3,(H,11,13). The average Bonchev–Trinajstić information content (AvgIpc) is 2.17. The quantitative estimate of drug-likeness (QED) is 0.679. The summed E-state index contributed by atoms with van der Waals surface area (Å²) in [5.74, 6) is 0.0681. The fourth-order valence-corrected chi connectivity index (χ4v) is 1.49. The van der Waals surface area contributed by atoms with Crippen LogP contribution in [0.15, 0.2) is 18.2 Å². The number of ketones is 1. The van der Waals surface area contributed by atoms with Crippen LogP contribution in [0.3, 0.4) is 0 Å². The molecule has 4 nitrogen and oxygen atoms in total. The maximum absolute atomic E-state index is 11.4. The second-order valence-electron chi connectivity index (χ2n) is 3.03. The van der Waals surface area contributed by atoms with Crippen LogP contribution in [-0.4, -0.2) is 18.8 Å². The van der Waals surface area contributed by atoms with E-state index >= 15 is 0 Å². The summed E-state index contributed by atoms with van der Waals surface area (Å²) in [6, 6.07) is 5.12. The number of nitrogens with one attached hydrogen (secondary N) is 1. The SMILES string of the molecule is COc1cccc2c1NC(=O)CC2=O. The second-order valence-corrected chi connectivity index (χ2v) is 3.03. The van der Waals surface area contributed by atoms with E-state index in [2.05, 4.69) is 5.32 Å². The van der Waals surface area contributed by atoms with Gasteiger partial charge in [0, 0.05) is 5.56 Å². The lowest BCUT2D eigenvalue weighted by Gasteiger charge is -2.17. The molecule has 1 aromatic carbocycles. The molecule has 0 unspecified atom stereocenters. The van der Waals surface area contributed by atoms with E-state index in [9.17, 15) is 9.59 Å². The Morgan fingerprint density at radius 1 is 1.36 bits per heavy atom. The van der Waals surface area contributed by atoms with Crippen molar-refractivity contribution in [1.82, 2.24) is 0 Å². The number of rotatable bonds is 1. The number of benzene rings is 1. The summed E-state index contributed by atoms with van der Waals surface area (Å²) in [6.45, 7) is 0. The molecule has 0 aromatic heterocycles. The second kappa shape index (κ2) is 3.14. The van der Waals surface area contributed by atoms with Gasteiger partial charge in [0.2, 0.25) is 5.91 Å². The summed E-state index contributed by atoms with van der Waals surface area (Å²) in [7, 11) is 1.50. The molecule has 2 rings (SSSR count). The lowest BCUT2D eigenvalue weighted by Crippen LogP contribution is -2.24. The molecule has 0 saturated carbocycles. The van der Waals surface area contributed by atoms with Crippen molar-refractivity contribution >= 4 is 17.4 Å². The first-order chi connectivity index (χ1) is 6.72. The number of Topliss-reactive ketones (excluding diaryl/α,β-unsaturated/α-hetero) is 1. The highest BCUT2D eigenvalue weighted by atomic mass is 16.5. The van der Waals surface area contributed by atoms with Crippen molar-refractivity contribution in [3.8, 4) is 5.75 Å². The molecule has 0 bridgehead atoms. The minimum absolute atomic E-state index is 0.0832. The molecule has 4 heteroatoms. The molecule has 0 fully saturated rings. The third-order valence-corrected chi connectivity index (χ3v) is 2.13. The molecule has 0 atom stereocenters. The van der Waals surface area contributed by atoms with Crippen LogP contribution < -0.4 is 10.1 Å². The number of carbonyl (C=O) groups is 2. The number of methoxy groups -OCH3 is 1. The molecule has 1 N–H and O–H groups in total. The lowest BCUT2D eigenvalue weighted by molar-refractivity contribution is -0.115. The fourth-order valence-electron chi connectivity index (χ4n) is 1.49. The predicted molar refractivity (Wildman–Crippen MR) is 50.6 cm³/mol. The smallest absolute Gasteiger partial charge is 0.232 e. The van der Waals surface area contributed by atoms with E-state index in [0.29, 0.717) is 17.0 Å². The fraction of sp³-hybridized carbons (Fsp3) is 0.200. The number of amides is 1. The van der Waals surface area contributed by atoms with Crippen LogP contribution in [0.2, 0.25) is 0 Å². The van der Waals surface area contributed by atoms with Crippen molar-refractivity contribution in [3.05, 3.63) is 23.8 Å². The minimum Gasteiger partial charge on any atom is -0.495 e. The van der Waals surface area contributed by atoms with Gasteiger partial charge in [0.15, 0.2) is 5.78 Å². The lowest BCUT2D eigenvalue weighted by atomic mass is 10.0. The Morgan fingerprint density at radius 2 is 2.14 bits per heavy atom. The number of anilines is 1. The normalized spacial score (nSPS) is 14.6. The van der Waals surface area contributed by atoms with Gasteiger partial charge in [-0.05, 0) is 12.1 Å². The van der Waals surface area contributed by atoms with Gasteiger partial charge in [-0.2, -0.15) is 0 Å². The van der Waals surface area contributed by atoms with Gasteiger partial charge >= 0.3 is 0 Å². The Labute approximate surface area is 80.9 Å². The highest BCUT2D eigenvalue weighted by Crippen LogP contribution is 2.31. The molecule has 0 spiro atoms. The maximum Gasteiger partial charge on any atom is 0.232 e. The van der Waals surface area contributed by atoms with Gasteiger partial charge in [-0.25, -0.2) is 0 Å². The molecular formula is C10H9NO3. The summed E-state index contributed by atoms with van der Waals surface area (Å²) in [5.41, 5.74) is 1.00. The van der Waals surface area contributed by atoms with E-state index in [-0.39, 0.29) is 18.1 Å². The van der Waals surface area contributed by atoms with E-state index in [1.807, 2.05) is 0 Å². The van der Waals surface area contributed by atoms with Crippen LogP contribution in [0.1, 0.15) is 16.8 Å². The van der Waals surface area contributed by atoms with Crippen molar-refractivity contribution in [2.45, 2.75) is 6.42 Å². The van der Waals surface area contributed by atoms with Crippen molar-refractivity contribution in [3.63, 3.8) is 0 Å². The maximum atomic E-state index is 11.4. The largest absolute Gasteiger partial charge is 0.495 e. The Kier molecular flexibility index (Phi) is 1.96. The van der Waals surface area contributed by atoms with Gasteiger partial charge in [-0.1, -0.05) is 6.07 Å². The molecule has 1 amide bonds. The van der Waals surface area contributed by atoms with Crippen LogP contribution in [0.5, 0.6) is 5.75 Å². The van der Waals surface area contributed by atoms with E-state index in [0.717, 1.165) is 0 Å². The van der Waals surface area contributed by atoms with Crippen molar-refractivity contribution in [1.29, 1.82) is 0 Å². The number of hydrogen-bond acceptors (Lipinski definition) is 3. The number of para-hydroxylation sites is 1. The zero-order valence-corrected chi connectivity index (χ0v) is 7.66. The Bertz CT molecular complexity index is 412. The summed E-state index contributed by atoms with van der Waals surface area (Å²) in [4.78, 5) is 22.6. The molecule has 14 heavy (non-hydrogen) atoms. The Morgan fingerprint density at radius 3 is 2.86 bits per heavy atom. The summed E-state index contributed by atoms with van der Waals surface area (Å²) in [6.07, 6.45) is -0.0832. The van der Waals surface area contributed by atoms with Crippen LogP contribution >= 0.6 is 0 Å². The Hall–Kier alpha value is -1.84. The molecule has 72 valence electrons. The van der Waals surface area contributed by atoms with Gasteiger partial charge in [0.1, 0.15) is 5.75 Å². The summed E-state index contributed by atoms with van der Waals surface area (Å²) in [5, 5.41) is 2.63. The molecule has 1 aliphatic rings. The first kappa shape index (κ1) is 8.74. The number of fused-ring (bicyclic) bond motifs is 1. The zero-order valence-electron chi connectivity index (χ0n) is 7.66. The topological polar surface area (TPSA) is 55.4 Å². The van der Waals surface area contributed by atoms with Gasteiger partial charge in [-0.3, -0.25) is 9.59 Å². The van der Waals surface area contributed by atoms with Gasteiger partial charge in [0.05, 0.1) is 19.2 Å². The van der Waals surface area contributed by atoms with Crippen molar-refractivity contribution in [2.75, 3.05) is 12.4 Å². The molecule has 1 aliphatic heterocycles. The molecular weight excluding hydrogens is 182 g/mol. The molecule has 0 saturated heterocycles. The van der Waals surface area contributed by atoms with Crippen molar-refractivity contribution in [2.24, 2.45) is 0 Å². The summed E-state index contributed by atoms with van der Waals surface area (Å²) < 4.78 is 5.04. The molecule has 1 heterocycles. The first-order valence-electron chi connectivity index (χ1n) is 4.22.